The third kappa shape index (κ3) is 6.13. The molecule has 2 unspecified atom stereocenters. The van der Waals surface area contributed by atoms with E-state index in [1.54, 1.807) is 0 Å². The van der Waals surface area contributed by atoms with E-state index in [1.807, 2.05) is 11.8 Å². The molecule has 0 aromatic carbocycles. The number of hydrogen-bond donors (Lipinski definition) is 1. The van der Waals surface area contributed by atoms with Gasteiger partial charge in [-0.15, -0.1) is 0 Å². The van der Waals surface area contributed by atoms with Crippen molar-refractivity contribution in [1.82, 2.24) is 10.2 Å². The molecule has 5 heteroatoms. The molecular weight excluding hydrogens is 253 g/mol. The van der Waals surface area contributed by atoms with Gasteiger partial charge in [0.25, 0.3) is 0 Å². The van der Waals surface area contributed by atoms with Gasteiger partial charge in [0.1, 0.15) is 0 Å². The van der Waals surface area contributed by atoms with Crippen molar-refractivity contribution in [2.75, 3.05) is 26.2 Å². The van der Waals surface area contributed by atoms with Crippen molar-refractivity contribution in [2.24, 2.45) is 5.92 Å². The molecule has 2 atom stereocenters. The Balaban J connectivity index is 2.26. The van der Waals surface area contributed by atoms with E-state index in [4.69, 9.17) is 0 Å². The van der Waals surface area contributed by atoms with Crippen LogP contribution in [-0.2, 0) is 0 Å². The molecular formula is C14H27F3N2. The second-order valence-electron chi connectivity index (χ2n) is 5.64. The number of piperidine rings is 1. The second kappa shape index (κ2) is 8.10. The van der Waals surface area contributed by atoms with E-state index in [1.165, 1.54) is 12.8 Å². The summed E-state index contributed by atoms with van der Waals surface area (Å²) in [6.07, 6.45) is 0.459. The summed E-state index contributed by atoms with van der Waals surface area (Å²) in [6, 6.07) is 0.187. The summed E-state index contributed by atoms with van der Waals surface area (Å²) < 4.78 is 38.2. The molecule has 0 aromatic heterocycles. The molecule has 1 heterocycles. The maximum atomic E-state index is 12.7. The average molecular weight is 280 g/mol. The Morgan fingerprint density at radius 2 is 2.05 bits per heavy atom. The first-order valence-corrected chi connectivity index (χ1v) is 7.46. The highest BCUT2D eigenvalue weighted by Gasteiger charge is 2.42. The first-order valence-electron chi connectivity index (χ1n) is 7.46. The smallest absolute Gasteiger partial charge is 0.315 e. The van der Waals surface area contributed by atoms with E-state index in [9.17, 15) is 13.2 Å². The molecule has 1 aliphatic rings. The normalized spacial score (nSPS) is 23.5. The van der Waals surface area contributed by atoms with E-state index >= 15 is 0 Å². The molecule has 1 fully saturated rings. The Morgan fingerprint density at radius 3 is 2.68 bits per heavy atom. The van der Waals surface area contributed by atoms with Crippen LogP contribution in [0.5, 0.6) is 0 Å². The largest absolute Gasteiger partial charge is 0.393 e. The first kappa shape index (κ1) is 16.8. The quantitative estimate of drug-likeness (QED) is 0.719. The summed E-state index contributed by atoms with van der Waals surface area (Å²) in [4.78, 5) is 1.98. The Labute approximate surface area is 114 Å². The highest BCUT2D eigenvalue weighted by atomic mass is 19.4. The summed E-state index contributed by atoms with van der Waals surface area (Å²) in [5, 5.41) is 3.35. The summed E-state index contributed by atoms with van der Waals surface area (Å²) in [5.74, 6) is -1.14. The van der Waals surface area contributed by atoms with Gasteiger partial charge in [0.15, 0.2) is 0 Å². The van der Waals surface area contributed by atoms with Gasteiger partial charge in [-0.2, -0.15) is 13.2 Å². The topological polar surface area (TPSA) is 15.3 Å². The molecule has 2 nitrogen and oxygen atoms in total. The average Bonchev–Trinajstić information content (AvgIpc) is 2.37. The van der Waals surface area contributed by atoms with Crippen LogP contribution in [0, 0.1) is 5.92 Å². The van der Waals surface area contributed by atoms with Gasteiger partial charge in [-0.3, -0.25) is 4.90 Å². The lowest BCUT2D eigenvalue weighted by Crippen LogP contribution is -2.48. The van der Waals surface area contributed by atoms with Crippen molar-refractivity contribution in [2.45, 2.75) is 58.2 Å². The van der Waals surface area contributed by atoms with Crippen molar-refractivity contribution in [3.8, 4) is 0 Å². The molecule has 0 amide bonds. The van der Waals surface area contributed by atoms with Crippen LogP contribution in [0.3, 0.4) is 0 Å². The molecule has 0 spiro atoms. The number of nitrogens with one attached hydrogen (secondary N) is 1. The summed E-state index contributed by atoms with van der Waals surface area (Å²) in [7, 11) is 0. The molecule has 1 rings (SSSR count). The van der Waals surface area contributed by atoms with Crippen molar-refractivity contribution >= 4 is 0 Å². The lowest BCUT2D eigenvalue weighted by Gasteiger charge is -2.37. The molecule has 0 bridgehead atoms. The fraction of sp³-hybridized carbons (Fsp3) is 1.00. The molecule has 1 N–H and O–H groups in total. The fourth-order valence-electron chi connectivity index (χ4n) is 2.61. The highest BCUT2D eigenvalue weighted by Crippen LogP contribution is 2.33. The number of likely N-dealkylation sites (tertiary alicyclic amines) is 1. The van der Waals surface area contributed by atoms with E-state index in [2.05, 4.69) is 12.2 Å². The second-order valence-corrected chi connectivity index (χ2v) is 5.64. The molecule has 0 aromatic rings. The van der Waals surface area contributed by atoms with Crippen LogP contribution in [0.2, 0.25) is 0 Å². The van der Waals surface area contributed by atoms with Crippen LogP contribution in [0.1, 0.15) is 46.0 Å². The minimum Gasteiger partial charge on any atom is -0.315 e. The highest BCUT2D eigenvalue weighted by molar-refractivity contribution is 4.81. The number of nitrogens with zero attached hydrogens (tertiary/aromatic N) is 1. The van der Waals surface area contributed by atoms with Crippen molar-refractivity contribution in [1.29, 1.82) is 0 Å². The van der Waals surface area contributed by atoms with E-state index in [0.29, 0.717) is 6.42 Å². The van der Waals surface area contributed by atoms with Crippen LogP contribution < -0.4 is 5.32 Å². The summed E-state index contributed by atoms with van der Waals surface area (Å²) in [6.45, 7) is 6.90. The van der Waals surface area contributed by atoms with Gasteiger partial charge in [-0.25, -0.2) is 0 Å². The Morgan fingerprint density at radius 1 is 1.32 bits per heavy atom. The van der Waals surface area contributed by atoms with Gasteiger partial charge in [-0.1, -0.05) is 19.8 Å². The predicted octanol–water partition coefficient (Wildman–Crippen LogP) is 3.43. The van der Waals surface area contributed by atoms with Crippen molar-refractivity contribution < 1.29 is 13.2 Å². The van der Waals surface area contributed by atoms with Gasteiger partial charge in [0.05, 0.1) is 5.92 Å². The zero-order chi connectivity index (χ0) is 14.3. The lowest BCUT2D eigenvalue weighted by molar-refractivity contribution is -0.188. The molecule has 1 saturated heterocycles. The maximum Gasteiger partial charge on any atom is 0.393 e. The number of unbranched alkanes of at least 4 members (excludes halogenated alkanes) is 2. The zero-order valence-electron chi connectivity index (χ0n) is 12.1. The molecule has 114 valence electrons. The number of rotatable bonds is 7. The van der Waals surface area contributed by atoms with Gasteiger partial charge in [0, 0.05) is 19.1 Å². The maximum absolute atomic E-state index is 12.7. The lowest BCUT2D eigenvalue weighted by atomic mass is 9.96. The van der Waals surface area contributed by atoms with Crippen LogP contribution in [0.15, 0.2) is 0 Å². The summed E-state index contributed by atoms with van der Waals surface area (Å²) >= 11 is 0. The SMILES string of the molecule is CCCCCNCC(C)N1CCCC(C(F)(F)F)C1. The number of halogens is 3. The number of hydrogen-bond acceptors (Lipinski definition) is 2. The van der Waals surface area contributed by atoms with Crippen LogP contribution in [0.25, 0.3) is 0 Å². The Hall–Kier alpha value is -0.290. The van der Waals surface area contributed by atoms with Gasteiger partial charge >= 0.3 is 6.18 Å². The van der Waals surface area contributed by atoms with Gasteiger partial charge in [-0.05, 0) is 39.3 Å². The van der Waals surface area contributed by atoms with E-state index < -0.39 is 12.1 Å². The third-order valence-corrected chi connectivity index (χ3v) is 3.94. The zero-order valence-corrected chi connectivity index (χ0v) is 12.1. The standard InChI is InChI=1S/C14H27F3N2/c1-3-4-5-8-18-10-12(2)19-9-6-7-13(11-19)14(15,16)17/h12-13,18H,3-11H2,1-2H3. The first-order chi connectivity index (χ1) is 8.95. The minimum absolute atomic E-state index is 0.168. The van der Waals surface area contributed by atoms with E-state index in [0.717, 1.165) is 26.1 Å². The molecule has 0 saturated carbocycles. The van der Waals surface area contributed by atoms with Crippen molar-refractivity contribution in [3.05, 3.63) is 0 Å². The number of alkyl halides is 3. The van der Waals surface area contributed by atoms with Gasteiger partial charge in [0.2, 0.25) is 0 Å². The van der Waals surface area contributed by atoms with Crippen molar-refractivity contribution in [3.63, 3.8) is 0 Å². The predicted molar refractivity (Wildman–Crippen MR) is 72.2 cm³/mol. The Bertz CT molecular complexity index is 243. The molecule has 19 heavy (non-hydrogen) atoms. The molecule has 0 aliphatic carbocycles. The summed E-state index contributed by atoms with van der Waals surface area (Å²) in [5.41, 5.74) is 0. The van der Waals surface area contributed by atoms with Crippen LogP contribution >= 0.6 is 0 Å². The molecule has 1 aliphatic heterocycles. The fourth-order valence-corrected chi connectivity index (χ4v) is 2.61. The molecule has 0 radical (unpaired) electrons. The van der Waals surface area contributed by atoms with Crippen LogP contribution in [-0.4, -0.2) is 43.3 Å². The third-order valence-electron chi connectivity index (χ3n) is 3.94. The monoisotopic (exact) mass is 280 g/mol. The van der Waals surface area contributed by atoms with Crippen LogP contribution in [0.4, 0.5) is 13.2 Å². The van der Waals surface area contributed by atoms with Gasteiger partial charge < -0.3 is 5.32 Å². The van der Waals surface area contributed by atoms with E-state index in [-0.39, 0.29) is 19.0 Å². The minimum atomic E-state index is -4.03. The Kier molecular flexibility index (Phi) is 7.15.